The van der Waals surface area contributed by atoms with Gasteiger partial charge in [0.25, 0.3) is 0 Å². The smallest absolute Gasteiger partial charge is 0.311 e. The maximum Gasteiger partial charge on any atom is 0.311 e. The van der Waals surface area contributed by atoms with Crippen LogP contribution < -0.4 is 4.74 Å². The maximum absolute atomic E-state index is 11.8. The van der Waals surface area contributed by atoms with E-state index in [1.54, 1.807) is 0 Å². The molecule has 0 bridgehead atoms. The zero-order valence-electron chi connectivity index (χ0n) is 13.3. The van der Waals surface area contributed by atoms with Gasteiger partial charge in [-0.1, -0.05) is 60.3 Å². The van der Waals surface area contributed by atoms with Gasteiger partial charge >= 0.3 is 11.9 Å². The second kappa shape index (κ2) is 10.3. The fraction of sp³-hybridized carbons (Fsp3) is 0.500. The number of carbonyl (C=O) groups excluding carboxylic acids is 2. The lowest BCUT2D eigenvalue weighted by atomic mass is 10.1. The van der Waals surface area contributed by atoms with Crippen molar-refractivity contribution in [3.63, 3.8) is 0 Å². The molecule has 0 unspecified atom stereocenters. The average molecular weight is 416 g/mol. The van der Waals surface area contributed by atoms with Gasteiger partial charge in [-0.05, 0) is 24.8 Å². The fourth-order valence-electron chi connectivity index (χ4n) is 1.76. The van der Waals surface area contributed by atoms with Gasteiger partial charge in [-0.25, -0.2) is 0 Å². The summed E-state index contributed by atoms with van der Waals surface area (Å²) in [6.45, 7) is 4.53. The molecule has 0 spiro atoms. The first-order chi connectivity index (χ1) is 11.2. The van der Waals surface area contributed by atoms with Crippen molar-refractivity contribution in [3.05, 3.63) is 26.2 Å². The highest BCUT2D eigenvalue weighted by Crippen LogP contribution is 2.42. The molecule has 1 aromatic carbocycles. The summed E-state index contributed by atoms with van der Waals surface area (Å²) >= 11 is 23.6. The molecule has 0 N–H and O–H groups in total. The molecule has 4 nitrogen and oxygen atoms in total. The van der Waals surface area contributed by atoms with Crippen LogP contribution in [0.1, 0.15) is 39.5 Å². The van der Waals surface area contributed by atoms with Gasteiger partial charge in [-0.15, -0.1) is 0 Å². The van der Waals surface area contributed by atoms with Crippen molar-refractivity contribution in [2.45, 2.75) is 39.5 Å². The summed E-state index contributed by atoms with van der Waals surface area (Å²) in [6.07, 6.45) is 1.53. The molecule has 0 saturated heterocycles. The number of carbonyl (C=O) groups is 2. The van der Waals surface area contributed by atoms with Crippen LogP contribution in [0.5, 0.6) is 5.75 Å². The topological polar surface area (TPSA) is 52.6 Å². The molecular formula is C16H18Cl4O4. The Bertz CT molecular complexity index is 602. The minimum atomic E-state index is -0.670. The lowest BCUT2D eigenvalue weighted by molar-refractivity contribution is -0.147. The summed E-state index contributed by atoms with van der Waals surface area (Å²) in [5, 5.41) is 0.185. The minimum Gasteiger partial charge on any atom is -0.466 e. The number of ether oxygens (including phenoxy) is 2. The van der Waals surface area contributed by atoms with Crippen LogP contribution in [0.3, 0.4) is 0 Å². The van der Waals surface area contributed by atoms with E-state index >= 15 is 0 Å². The van der Waals surface area contributed by atoms with E-state index in [4.69, 9.17) is 55.9 Å². The van der Waals surface area contributed by atoms with Crippen LogP contribution in [0.25, 0.3) is 0 Å². The van der Waals surface area contributed by atoms with Gasteiger partial charge in [0.15, 0.2) is 5.75 Å². The van der Waals surface area contributed by atoms with Crippen LogP contribution >= 0.6 is 46.4 Å². The van der Waals surface area contributed by atoms with E-state index in [-0.39, 0.29) is 38.7 Å². The van der Waals surface area contributed by atoms with Gasteiger partial charge < -0.3 is 9.47 Å². The molecule has 24 heavy (non-hydrogen) atoms. The van der Waals surface area contributed by atoms with E-state index in [9.17, 15) is 9.59 Å². The number of halogens is 4. The van der Waals surface area contributed by atoms with E-state index in [0.29, 0.717) is 12.5 Å². The molecule has 0 heterocycles. The summed E-state index contributed by atoms with van der Waals surface area (Å²) in [5.74, 6) is -0.652. The third-order valence-electron chi connectivity index (χ3n) is 3.01. The van der Waals surface area contributed by atoms with Crippen molar-refractivity contribution >= 4 is 58.3 Å². The summed E-state index contributed by atoms with van der Waals surface area (Å²) in [6, 6.07) is 1.32. The first-order valence-corrected chi connectivity index (χ1v) is 8.92. The van der Waals surface area contributed by atoms with Crippen molar-refractivity contribution in [3.8, 4) is 5.75 Å². The van der Waals surface area contributed by atoms with Crippen molar-refractivity contribution in [1.29, 1.82) is 0 Å². The highest BCUT2D eigenvalue weighted by Gasteiger charge is 2.19. The molecule has 1 rings (SSSR count). The molecule has 8 heteroatoms. The third kappa shape index (κ3) is 7.06. The molecular weight excluding hydrogens is 398 g/mol. The second-order valence-electron chi connectivity index (χ2n) is 5.53. The lowest BCUT2D eigenvalue weighted by Crippen LogP contribution is -2.13. The summed E-state index contributed by atoms with van der Waals surface area (Å²) < 4.78 is 10.1. The lowest BCUT2D eigenvalue weighted by Gasteiger charge is -2.10. The van der Waals surface area contributed by atoms with Crippen LogP contribution in [0.2, 0.25) is 20.1 Å². The van der Waals surface area contributed by atoms with E-state index in [2.05, 4.69) is 13.8 Å². The number of esters is 2. The monoisotopic (exact) mass is 414 g/mol. The van der Waals surface area contributed by atoms with Gasteiger partial charge in [-0.2, -0.15) is 0 Å². The minimum absolute atomic E-state index is 0.0371. The van der Waals surface area contributed by atoms with Gasteiger partial charge in [0.2, 0.25) is 0 Å². The third-order valence-corrected chi connectivity index (χ3v) is 4.54. The normalized spacial score (nSPS) is 10.8. The fourth-order valence-corrected chi connectivity index (χ4v) is 2.74. The number of hydrogen-bond acceptors (Lipinski definition) is 4. The molecule has 0 aliphatic heterocycles. The molecule has 0 aliphatic rings. The predicted molar refractivity (Wildman–Crippen MR) is 96.4 cm³/mol. The first kappa shape index (κ1) is 21.4. The summed E-state index contributed by atoms with van der Waals surface area (Å²) in [7, 11) is 0. The number of hydrogen-bond donors (Lipinski definition) is 0. The summed E-state index contributed by atoms with van der Waals surface area (Å²) in [5.41, 5.74) is 0. The molecule has 0 atom stereocenters. The zero-order valence-corrected chi connectivity index (χ0v) is 16.4. The van der Waals surface area contributed by atoms with E-state index < -0.39 is 11.9 Å². The largest absolute Gasteiger partial charge is 0.466 e. The van der Waals surface area contributed by atoms with E-state index in [1.165, 1.54) is 6.07 Å². The van der Waals surface area contributed by atoms with Crippen LogP contribution in [-0.2, 0) is 14.3 Å². The van der Waals surface area contributed by atoms with Gasteiger partial charge in [0.1, 0.15) is 5.02 Å². The van der Waals surface area contributed by atoms with Crippen molar-refractivity contribution in [1.82, 2.24) is 0 Å². The Morgan fingerprint density at radius 1 is 1.00 bits per heavy atom. The molecule has 0 aromatic heterocycles. The van der Waals surface area contributed by atoms with Crippen LogP contribution in [-0.4, -0.2) is 18.5 Å². The Morgan fingerprint density at radius 3 is 2.25 bits per heavy atom. The molecule has 134 valence electrons. The molecule has 0 amide bonds. The Morgan fingerprint density at radius 2 is 1.62 bits per heavy atom. The maximum atomic E-state index is 11.8. The van der Waals surface area contributed by atoms with Gasteiger partial charge in [0, 0.05) is 0 Å². The standard InChI is InChI=1S/C16H18Cl4O4/c1-9(2)4-3-7-23-12(21)5-6-13(22)24-16-11(18)8-10(17)14(19)15(16)20/h8-9H,3-7H2,1-2H3. The molecule has 0 fully saturated rings. The number of rotatable bonds is 8. The average Bonchev–Trinajstić information content (AvgIpc) is 2.51. The number of benzene rings is 1. The van der Waals surface area contributed by atoms with Crippen LogP contribution in [0.4, 0.5) is 0 Å². The van der Waals surface area contributed by atoms with E-state index in [1.807, 2.05) is 0 Å². The van der Waals surface area contributed by atoms with Gasteiger partial charge in [-0.3, -0.25) is 9.59 Å². The van der Waals surface area contributed by atoms with Gasteiger partial charge in [0.05, 0.1) is 34.5 Å². The van der Waals surface area contributed by atoms with Crippen LogP contribution in [0.15, 0.2) is 6.07 Å². The molecule has 0 saturated carbocycles. The van der Waals surface area contributed by atoms with Crippen molar-refractivity contribution in [2.75, 3.05) is 6.61 Å². The SMILES string of the molecule is CC(C)CCCOC(=O)CCC(=O)Oc1c(Cl)cc(Cl)c(Cl)c1Cl. The Hall–Kier alpha value is -0.680. The van der Waals surface area contributed by atoms with Crippen molar-refractivity contribution in [2.24, 2.45) is 5.92 Å². The van der Waals surface area contributed by atoms with Crippen molar-refractivity contribution < 1.29 is 19.1 Å². The Balaban J connectivity index is 2.45. The molecule has 0 aliphatic carbocycles. The zero-order chi connectivity index (χ0) is 18.3. The highest BCUT2D eigenvalue weighted by molar-refractivity contribution is 6.50. The summed E-state index contributed by atoms with van der Waals surface area (Å²) in [4.78, 5) is 23.4. The molecule has 1 aromatic rings. The Labute approximate surface area is 161 Å². The predicted octanol–water partition coefficient (Wildman–Crippen LogP) is 5.97. The van der Waals surface area contributed by atoms with Crippen LogP contribution in [0, 0.1) is 5.92 Å². The van der Waals surface area contributed by atoms with E-state index in [0.717, 1.165) is 12.8 Å². The first-order valence-electron chi connectivity index (χ1n) is 7.41. The Kier molecular flexibility index (Phi) is 9.21. The highest BCUT2D eigenvalue weighted by atomic mass is 35.5. The second-order valence-corrected chi connectivity index (χ2v) is 7.10. The quantitative estimate of drug-likeness (QED) is 0.172. The molecule has 0 radical (unpaired) electrons.